The van der Waals surface area contributed by atoms with E-state index in [2.05, 4.69) is 0 Å². The molecule has 19 heavy (non-hydrogen) atoms. The van der Waals surface area contributed by atoms with E-state index in [1.165, 1.54) is 25.3 Å². The number of nitrogens with two attached hydrogens (primary N) is 1. The highest BCUT2D eigenvalue weighted by Gasteiger charge is 2.23. The Balaban J connectivity index is 1.96. The molecule has 0 aromatic heterocycles. The van der Waals surface area contributed by atoms with E-state index in [1.807, 2.05) is 13.0 Å². The third-order valence-electron chi connectivity index (χ3n) is 4.12. The first-order chi connectivity index (χ1) is 9.22. The lowest BCUT2D eigenvalue weighted by Crippen LogP contribution is -2.31. The number of hydrogen-bond donors (Lipinski definition) is 1. The van der Waals surface area contributed by atoms with E-state index in [1.54, 1.807) is 12.1 Å². The molecular formula is C16H24FNO. The quantitative estimate of drug-likeness (QED) is 0.813. The standard InChI is InChI=1S/C16H24FNO/c1-2-15(18)16(13-8-3-4-9-14(13)17)19-11-10-12-6-5-7-12/h3-4,8-9,12,15-16H,2,5-7,10-11,18H2,1H3. The van der Waals surface area contributed by atoms with Gasteiger partial charge in [-0.1, -0.05) is 44.4 Å². The summed E-state index contributed by atoms with van der Waals surface area (Å²) in [5, 5.41) is 0. The summed E-state index contributed by atoms with van der Waals surface area (Å²) in [5.74, 6) is 0.583. The molecule has 1 aliphatic carbocycles. The van der Waals surface area contributed by atoms with Crippen LogP contribution in [0, 0.1) is 11.7 Å². The molecule has 2 rings (SSSR count). The summed E-state index contributed by atoms with van der Waals surface area (Å²) in [6.07, 6.45) is 5.49. The zero-order chi connectivity index (χ0) is 13.7. The summed E-state index contributed by atoms with van der Waals surface area (Å²) in [5.41, 5.74) is 6.68. The smallest absolute Gasteiger partial charge is 0.129 e. The molecule has 1 aromatic rings. The Kier molecular flexibility index (Phi) is 5.34. The molecule has 106 valence electrons. The van der Waals surface area contributed by atoms with Crippen molar-refractivity contribution in [2.75, 3.05) is 6.61 Å². The highest BCUT2D eigenvalue weighted by molar-refractivity contribution is 5.21. The van der Waals surface area contributed by atoms with E-state index in [9.17, 15) is 4.39 Å². The summed E-state index contributed by atoms with van der Waals surface area (Å²) in [6.45, 7) is 2.69. The van der Waals surface area contributed by atoms with Gasteiger partial charge >= 0.3 is 0 Å². The average Bonchev–Trinajstić information content (AvgIpc) is 2.37. The zero-order valence-corrected chi connectivity index (χ0v) is 11.6. The Morgan fingerprint density at radius 3 is 2.68 bits per heavy atom. The van der Waals surface area contributed by atoms with Crippen molar-refractivity contribution < 1.29 is 9.13 Å². The minimum absolute atomic E-state index is 0.154. The summed E-state index contributed by atoms with van der Waals surface area (Å²) in [4.78, 5) is 0. The van der Waals surface area contributed by atoms with Gasteiger partial charge in [0.05, 0.1) is 0 Å². The molecule has 1 aromatic carbocycles. The SMILES string of the molecule is CCC(N)C(OCCC1CCC1)c1ccccc1F. The number of ether oxygens (including phenoxy) is 1. The number of rotatable bonds is 7. The molecule has 3 heteroatoms. The molecular weight excluding hydrogens is 241 g/mol. The maximum atomic E-state index is 13.9. The molecule has 0 heterocycles. The normalized spacial score (nSPS) is 18.9. The Labute approximate surface area is 115 Å². The second-order valence-corrected chi connectivity index (χ2v) is 5.47. The molecule has 0 bridgehead atoms. The van der Waals surface area contributed by atoms with E-state index in [-0.39, 0.29) is 18.0 Å². The van der Waals surface area contributed by atoms with Gasteiger partial charge in [-0.05, 0) is 24.8 Å². The van der Waals surface area contributed by atoms with Crippen LogP contribution in [0.1, 0.15) is 50.7 Å². The van der Waals surface area contributed by atoms with Crippen LogP contribution in [0.5, 0.6) is 0 Å². The van der Waals surface area contributed by atoms with E-state index < -0.39 is 0 Å². The monoisotopic (exact) mass is 265 g/mol. The summed E-state index contributed by atoms with van der Waals surface area (Å²) >= 11 is 0. The Hall–Kier alpha value is -0.930. The van der Waals surface area contributed by atoms with Crippen LogP contribution in [-0.2, 0) is 4.74 Å². The second kappa shape index (κ2) is 7.01. The van der Waals surface area contributed by atoms with Crippen LogP contribution in [0.3, 0.4) is 0 Å². The highest BCUT2D eigenvalue weighted by Crippen LogP contribution is 2.31. The third kappa shape index (κ3) is 3.77. The van der Waals surface area contributed by atoms with E-state index >= 15 is 0 Å². The third-order valence-corrected chi connectivity index (χ3v) is 4.12. The van der Waals surface area contributed by atoms with Crippen molar-refractivity contribution in [3.63, 3.8) is 0 Å². The van der Waals surface area contributed by atoms with E-state index in [4.69, 9.17) is 10.5 Å². The van der Waals surface area contributed by atoms with Gasteiger partial charge in [-0.15, -0.1) is 0 Å². The van der Waals surface area contributed by atoms with Gasteiger partial charge in [0.15, 0.2) is 0 Å². The molecule has 1 fully saturated rings. The van der Waals surface area contributed by atoms with Gasteiger partial charge in [-0.3, -0.25) is 0 Å². The van der Waals surface area contributed by atoms with Gasteiger partial charge in [0.25, 0.3) is 0 Å². The van der Waals surface area contributed by atoms with Crippen molar-refractivity contribution in [3.8, 4) is 0 Å². The highest BCUT2D eigenvalue weighted by atomic mass is 19.1. The molecule has 2 nitrogen and oxygen atoms in total. The van der Waals surface area contributed by atoms with Crippen molar-refractivity contribution in [1.82, 2.24) is 0 Å². The zero-order valence-electron chi connectivity index (χ0n) is 11.6. The van der Waals surface area contributed by atoms with Crippen molar-refractivity contribution in [2.24, 2.45) is 11.7 Å². The summed E-state index contributed by atoms with van der Waals surface area (Å²) in [7, 11) is 0. The first-order valence-corrected chi connectivity index (χ1v) is 7.34. The van der Waals surface area contributed by atoms with Gasteiger partial charge in [-0.2, -0.15) is 0 Å². The lowest BCUT2D eigenvalue weighted by Gasteiger charge is -2.28. The van der Waals surface area contributed by atoms with Crippen molar-refractivity contribution in [2.45, 2.75) is 51.2 Å². The second-order valence-electron chi connectivity index (χ2n) is 5.47. The molecule has 2 unspecified atom stereocenters. The van der Waals surface area contributed by atoms with Crippen LogP contribution >= 0.6 is 0 Å². The molecule has 0 aliphatic heterocycles. The minimum Gasteiger partial charge on any atom is -0.372 e. The Morgan fingerprint density at radius 2 is 2.11 bits per heavy atom. The van der Waals surface area contributed by atoms with Gasteiger partial charge < -0.3 is 10.5 Å². The van der Waals surface area contributed by atoms with E-state index in [0.29, 0.717) is 12.2 Å². The molecule has 1 saturated carbocycles. The fourth-order valence-corrected chi connectivity index (χ4v) is 2.51. The van der Waals surface area contributed by atoms with Gasteiger partial charge in [0.2, 0.25) is 0 Å². The number of hydrogen-bond acceptors (Lipinski definition) is 2. The predicted octanol–water partition coefficient (Wildman–Crippen LogP) is 3.81. The Bertz CT molecular complexity index is 392. The van der Waals surface area contributed by atoms with Crippen molar-refractivity contribution >= 4 is 0 Å². The number of benzene rings is 1. The van der Waals surface area contributed by atoms with Crippen molar-refractivity contribution in [1.29, 1.82) is 0 Å². The van der Waals surface area contributed by atoms with Gasteiger partial charge in [0, 0.05) is 18.2 Å². The minimum atomic E-state index is -0.328. The Morgan fingerprint density at radius 1 is 1.37 bits per heavy atom. The number of halogens is 1. The predicted molar refractivity (Wildman–Crippen MR) is 75.3 cm³/mol. The topological polar surface area (TPSA) is 35.2 Å². The maximum Gasteiger partial charge on any atom is 0.129 e. The summed E-state index contributed by atoms with van der Waals surface area (Å²) < 4.78 is 19.8. The molecule has 0 spiro atoms. The largest absolute Gasteiger partial charge is 0.372 e. The molecule has 0 amide bonds. The van der Waals surface area contributed by atoms with Gasteiger partial charge in [0.1, 0.15) is 11.9 Å². The lowest BCUT2D eigenvalue weighted by molar-refractivity contribution is 0.0183. The van der Waals surface area contributed by atoms with Crippen LogP contribution in [0.15, 0.2) is 24.3 Å². The first-order valence-electron chi connectivity index (χ1n) is 7.34. The molecule has 2 N–H and O–H groups in total. The first kappa shape index (κ1) is 14.5. The van der Waals surface area contributed by atoms with Crippen LogP contribution in [0.25, 0.3) is 0 Å². The summed E-state index contributed by atoms with van der Waals surface area (Å²) in [6, 6.07) is 6.63. The molecule has 0 radical (unpaired) electrons. The van der Waals surface area contributed by atoms with Crippen LogP contribution in [0.2, 0.25) is 0 Å². The van der Waals surface area contributed by atoms with E-state index in [0.717, 1.165) is 18.8 Å². The van der Waals surface area contributed by atoms with Crippen molar-refractivity contribution in [3.05, 3.63) is 35.6 Å². The van der Waals surface area contributed by atoms with Crippen LogP contribution in [-0.4, -0.2) is 12.6 Å². The fourth-order valence-electron chi connectivity index (χ4n) is 2.51. The van der Waals surface area contributed by atoms with Crippen LogP contribution < -0.4 is 5.73 Å². The maximum absolute atomic E-state index is 13.9. The molecule has 2 atom stereocenters. The fraction of sp³-hybridized carbons (Fsp3) is 0.625. The van der Waals surface area contributed by atoms with Gasteiger partial charge in [-0.25, -0.2) is 4.39 Å². The lowest BCUT2D eigenvalue weighted by atomic mass is 9.83. The molecule has 0 saturated heterocycles. The van der Waals surface area contributed by atoms with Crippen LogP contribution in [0.4, 0.5) is 4.39 Å². The average molecular weight is 265 g/mol. The molecule has 1 aliphatic rings.